The molecule has 0 aliphatic heterocycles. The van der Waals surface area contributed by atoms with Gasteiger partial charge in [-0.3, -0.25) is 4.79 Å². The molecule has 5 unspecified atom stereocenters. The molecule has 112 valence electrons. The van der Waals surface area contributed by atoms with Gasteiger partial charge < -0.3 is 0 Å². The van der Waals surface area contributed by atoms with Crippen LogP contribution in [0.15, 0.2) is 0 Å². The largest absolute Gasteiger partial charge is 0.299 e. The summed E-state index contributed by atoms with van der Waals surface area (Å²) >= 11 is 0. The van der Waals surface area contributed by atoms with E-state index in [1.165, 1.54) is 57.8 Å². The molecule has 4 aliphatic rings. The first-order chi connectivity index (χ1) is 9.56. The average molecular weight is 274 g/mol. The van der Waals surface area contributed by atoms with Gasteiger partial charge in [0.1, 0.15) is 5.78 Å². The molecule has 4 fully saturated rings. The summed E-state index contributed by atoms with van der Waals surface area (Å²) in [5.74, 6) is 4.13. The Bertz CT molecular complexity index is 427. The van der Waals surface area contributed by atoms with Crippen LogP contribution in [0.1, 0.15) is 78.1 Å². The normalized spacial score (nSPS) is 55.0. The van der Waals surface area contributed by atoms with Crippen LogP contribution in [0.2, 0.25) is 0 Å². The molecule has 0 saturated heterocycles. The van der Waals surface area contributed by atoms with Gasteiger partial charge in [0.15, 0.2) is 0 Å². The van der Waals surface area contributed by atoms with Crippen LogP contribution in [0.4, 0.5) is 0 Å². The van der Waals surface area contributed by atoms with Gasteiger partial charge in [-0.05, 0) is 74.0 Å². The third-order valence-corrected chi connectivity index (χ3v) is 8.29. The van der Waals surface area contributed by atoms with E-state index in [1.54, 1.807) is 0 Å². The first-order valence-electron chi connectivity index (χ1n) is 9.09. The van der Waals surface area contributed by atoms with Crippen molar-refractivity contribution in [2.45, 2.75) is 78.1 Å². The zero-order chi connectivity index (χ0) is 14.0. The van der Waals surface area contributed by atoms with E-state index in [0.717, 1.165) is 30.1 Å². The van der Waals surface area contributed by atoms with E-state index < -0.39 is 0 Å². The molecule has 0 aromatic heterocycles. The molecule has 0 radical (unpaired) electrons. The lowest BCUT2D eigenvalue weighted by Gasteiger charge is -2.59. The second-order valence-electron chi connectivity index (χ2n) is 8.82. The van der Waals surface area contributed by atoms with Gasteiger partial charge in [-0.2, -0.15) is 0 Å². The van der Waals surface area contributed by atoms with Crippen LogP contribution in [0.25, 0.3) is 0 Å². The van der Waals surface area contributed by atoms with E-state index in [0.29, 0.717) is 11.2 Å². The number of ketones is 1. The Hall–Kier alpha value is -0.330. The summed E-state index contributed by atoms with van der Waals surface area (Å²) in [6, 6.07) is 0. The highest BCUT2D eigenvalue weighted by Crippen LogP contribution is 2.65. The quantitative estimate of drug-likeness (QED) is 0.608. The molecule has 1 heteroatoms. The third kappa shape index (κ3) is 1.58. The maximum atomic E-state index is 12.4. The van der Waals surface area contributed by atoms with Gasteiger partial charge in [-0.1, -0.05) is 26.7 Å². The standard InChI is InChI=1S/C19H30O/c1-18-11-4-3-5-13(18)6-7-14-15-8-9-17(20)19(15,2)12-10-16(14)18/h13-16H,3-12H2,1-2H3/t13-,14?,15?,16?,18?,19?/m1/s1. The molecule has 0 aromatic carbocycles. The van der Waals surface area contributed by atoms with Crippen LogP contribution >= 0.6 is 0 Å². The predicted octanol–water partition coefficient (Wildman–Crippen LogP) is 4.99. The van der Waals surface area contributed by atoms with Crippen molar-refractivity contribution in [2.24, 2.45) is 34.5 Å². The van der Waals surface area contributed by atoms with Gasteiger partial charge >= 0.3 is 0 Å². The third-order valence-electron chi connectivity index (χ3n) is 8.29. The molecule has 0 amide bonds. The monoisotopic (exact) mass is 274 g/mol. The van der Waals surface area contributed by atoms with Crippen molar-refractivity contribution in [3.63, 3.8) is 0 Å². The Morgan fingerprint density at radius 3 is 2.60 bits per heavy atom. The summed E-state index contributed by atoms with van der Waals surface area (Å²) in [7, 11) is 0. The Kier molecular flexibility index (Phi) is 2.89. The van der Waals surface area contributed by atoms with E-state index >= 15 is 0 Å². The maximum absolute atomic E-state index is 12.4. The summed E-state index contributed by atoms with van der Waals surface area (Å²) in [5, 5.41) is 0. The van der Waals surface area contributed by atoms with Gasteiger partial charge in [-0.25, -0.2) is 0 Å². The second kappa shape index (κ2) is 4.34. The van der Waals surface area contributed by atoms with E-state index in [1.807, 2.05) is 0 Å². The molecule has 1 nitrogen and oxygen atoms in total. The lowest BCUT2D eigenvalue weighted by atomic mass is 9.45. The van der Waals surface area contributed by atoms with Crippen LogP contribution < -0.4 is 0 Å². The van der Waals surface area contributed by atoms with Crippen LogP contribution in [-0.4, -0.2) is 5.78 Å². The zero-order valence-electron chi connectivity index (χ0n) is 13.3. The van der Waals surface area contributed by atoms with E-state index in [2.05, 4.69) is 13.8 Å². The van der Waals surface area contributed by atoms with Crippen LogP contribution in [-0.2, 0) is 4.79 Å². The van der Waals surface area contributed by atoms with Crippen LogP contribution in [0.5, 0.6) is 0 Å². The number of fused-ring (bicyclic) bond motifs is 5. The van der Waals surface area contributed by atoms with Gasteiger partial charge in [0.2, 0.25) is 0 Å². The Labute approximate surface area is 123 Å². The lowest BCUT2D eigenvalue weighted by Crippen LogP contribution is -2.52. The highest BCUT2D eigenvalue weighted by atomic mass is 16.1. The molecular weight excluding hydrogens is 244 g/mol. The number of hydrogen-bond donors (Lipinski definition) is 0. The zero-order valence-corrected chi connectivity index (χ0v) is 13.3. The molecular formula is C19H30O. The maximum Gasteiger partial charge on any atom is 0.139 e. The highest BCUT2D eigenvalue weighted by molar-refractivity contribution is 5.87. The second-order valence-corrected chi connectivity index (χ2v) is 8.82. The SMILES string of the molecule is CC12CCC3C(CC[C@H]4CCCCC34C)C1CCC2=O. The van der Waals surface area contributed by atoms with Crippen molar-refractivity contribution in [3.8, 4) is 0 Å². The molecule has 4 rings (SSSR count). The number of carbonyl (C=O) groups excluding carboxylic acids is 1. The fourth-order valence-electron chi connectivity index (χ4n) is 7.07. The summed E-state index contributed by atoms with van der Waals surface area (Å²) in [4.78, 5) is 12.4. The minimum absolute atomic E-state index is 0.0685. The molecule has 20 heavy (non-hydrogen) atoms. The molecule has 0 spiro atoms. The van der Waals surface area contributed by atoms with Crippen molar-refractivity contribution in [3.05, 3.63) is 0 Å². The van der Waals surface area contributed by atoms with Crippen molar-refractivity contribution >= 4 is 5.78 Å². The van der Waals surface area contributed by atoms with Crippen LogP contribution in [0, 0.1) is 34.5 Å². The molecule has 0 N–H and O–H groups in total. The van der Waals surface area contributed by atoms with Crippen molar-refractivity contribution in [2.75, 3.05) is 0 Å². The lowest BCUT2D eigenvalue weighted by molar-refractivity contribution is -0.138. The minimum Gasteiger partial charge on any atom is -0.299 e. The first-order valence-corrected chi connectivity index (χ1v) is 9.09. The van der Waals surface area contributed by atoms with E-state index in [9.17, 15) is 4.79 Å². The first kappa shape index (κ1) is 13.3. The van der Waals surface area contributed by atoms with Gasteiger partial charge in [0.05, 0.1) is 0 Å². The smallest absolute Gasteiger partial charge is 0.139 e. The molecule has 0 heterocycles. The van der Waals surface area contributed by atoms with Gasteiger partial charge in [0.25, 0.3) is 0 Å². The van der Waals surface area contributed by atoms with Gasteiger partial charge in [0, 0.05) is 11.8 Å². The molecule has 4 saturated carbocycles. The molecule has 0 bridgehead atoms. The summed E-state index contributed by atoms with van der Waals surface area (Å²) < 4.78 is 0. The number of rotatable bonds is 0. The van der Waals surface area contributed by atoms with Gasteiger partial charge in [-0.15, -0.1) is 0 Å². The number of Topliss-reactive ketones (excluding diaryl/α,β-unsaturated/α-hetero) is 1. The highest BCUT2D eigenvalue weighted by Gasteiger charge is 2.59. The summed E-state index contributed by atoms with van der Waals surface area (Å²) in [6.45, 7) is 4.92. The van der Waals surface area contributed by atoms with Crippen molar-refractivity contribution < 1.29 is 4.79 Å². The number of carbonyl (C=O) groups is 1. The Balaban J connectivity index is 1.66. The Morgan fingerprint density at radius 1 is 0.900 bits per heavy atom. The van der Waals surface area contributed by atoms with Crippen molar-refractivity contribution in [1.29, 1.82) is 0 Å². The number of hydrogen-bond acceptors (Lipinski definition) is 1. The fourth-order valence-corrected chi connectivity index (χ4v) is 7.07. The van der Waals surface area contributed by atoms with E-state index in [4.69, 9.17) is 0 Å². The minimum atomic E-state index is 0.0685. The van der Waals surface area contributed by atoms with Crippen molar-refractivity contribution in [1.82, 2.24) is 0 Å². The van der Waals surface area contributed by atoms with Crippen LogP contribution in [0.3, 0.4) is 0 Å². The Morgan fingerprint density at radius 2 is 1.75 bits per heavy atom. The topological polar surface area (TPSA) is 17.1 Å². The summed E-state index contributed by atoms with van der Waals surface area (Å²) in [5.41, 5.74) is 0.688. The van der Waals surface area contributed by atoms with E-state index in [-0.39, 0.29) is 5.41 Å². The predicted molar refractivity (Wildman–Crippen MR) is 81.4 cm³/mol. The summed E-state index contributed by atoms with van der Waals surface area (Å²) in [6.07, 6.45) is 13.4. The molecule has 0 aromatic rings. The fraction of sp³-hybridized carbons (Fsp3) is 0.947. The molecule has 4 aliphatic carbocycles. The average Bonchev–Trinajstić information content (AvgIpc) is 2.74. The molecule has 6 atom stereocenters.